The van der Waals surface area contributed by atoms with Crippen molar-refractivity contribution in [1.29, 1.82) is 0 Å². The van der Waals surface area contributed by atoms with Gasteiger partial charge in [-0.25, -0.2) is 4.79 Å². The first-order chi connectivity index (χ1) is 14.6. The number of benzene rings is 1. The fourth-order valence-corrected chi connectivity index (χ4v) is 6.87. The van der Waals surface area contributed by atoms with E-state index in [9.17, 15) is 15.0 Å². The summed E-state index contributed by atoms with van der Waals surface area (Å²) in [6, 6.07) is 10.2. The number of carboxylic acids is 1. The minimum Gasteiger partial charge on any atom is -0.478 e. The standard InChI is InChI=1S/C27H30O3/c28-19(9-5-4-8-17-6-2-1-3-7-17)11-13-20-21-14-15-22-23(27(29)30)12-10-18-16-24(20)26(21)25(18)22/h1-9,12,14-15,18-22,24-26,28H,10-11,13,16H2,(H,29,30)/b8-4+,9-5+/t18-,19?,20-,21-,22+,24+,25-,26-/m1/s1. The molecule has 0 heterocycles. The van der Waals surface area contributed by atoms with E-state index in [1.54, 1.807) is 0 Å². The summed E-state index contributed by atoms with van der Waals surface area (Å²) >= 11 is 0. The first kappa shape index (κ1) is 19.6. The lowest BCUT2D eigenvalue weighted by atomic mass is 9.50. The molecule has 0 radical (unpaired) electrons. The predicted octanol–water partition coefficient (Wildman–Crippen LogP) is 5.11. The lowest BCUT2D eigenvalue weighted by Gasteiger charge is -2.54. The summed E-state index contributed by atoms with van der Waals surface area (Å²) in [7, 11) is 0. The van der Waals surface area contributed by atoms with Crippen LogP contribution in [0.15, 0.2) is 72.4 Å². The summed E-state index contributed by atoms with van der Waals surface area (Å²) in [6.45, 7) is 0. The maximum Gasteiger partial charge on any atom is 0.331 e. The van der Waals surface area contributed by atoms with Gasteiger partial charge in [0.05, 0.1) is 6.10 Å². The average Bonchev–Trinajstić information content (AvgIpc) is 3.09. The molecular weight excluding hydrogens is 372 g/mol. The lowest BCUT2D eigenvalue weighted by Crippen LogP contribution is -2.49. The summed E-state index contributed by atoms with van der Waals surface area (Å²) in [6.07, 6.45) is 17.9. The van der Waals surface area contributed by atoms with Crippen LogP contribution in [0.5, 0.6) is 0 Å². The van der Waals surface area contributed by atoms with E-state index < -0.39 is 12.1 Å². The van der Waals surface area contributed by atoms with Crippen LogP contribution in [0.25, 0.3) is 6.08 Å². The van der Waals surface area contributed by atoms with Crippen molar-refractivity contribution in [3.05, 3.63) is 77.9 Å². The Morgan fingerprint density at radius 3 is 2.77 bits per heavy atom. The number of carboxylic acid groups (broad SMARTS) is 1. The van der Waals surface area contributed by atoms with Gasteiger partial charge in [0.15, 0.2) is 0 Å². The molecule has 3 heteroatoms. The molecule has 0 saturated heterocycles. The second-order valence-corrected chi connectivity index (χ2v) is 9.47. The van der Waals surface area contributed by atoms with E-state index in [4.69, 9.17) is 0 Å². The molecule has 156 valence electrons. The van der Waals surface area contributed by atoms with Gasteiger partial charge in [-0.3, -0.25) is 0 Å². The number of hydrogen-bond donors (Lipinski definition) is 2. The molecule has 4 aliphatic rings. The third-order valence-corrected chi connectivity index (χ3v) is 8.08. The van der Waals surface area contributed by atoms with Crippen LogP contribution in [-0.4, -0.2) is 22.3 Å². The van der Waals surface area contributed by atoms with Crippen LogP contribution in [0.4, 0.5) is 0 Å². The zero-order valence-corrected chi connectivity index (χ0v) is 17.2. The van der Waals surface area contributed by atoms with Gasteiger partial charge in [0.2, 0.25) is 0 Å². The van der Waals surface area contributed by atoms with Gasteiger partial charge in [0, 0.05) is 11.5 Å². The molecule has 4 aliphatic carbocycles. The summed E-state index contributed by atoms with van der Waals surface area (Å²) in [5.41, 5.74) is 1.78. The van der Waals surface area contributed by atoms with Crippen LogP contribution in [0.2, 0.25) is 0 Å². The molecule has 8 atom stereocenters. The summed E-state index contributed by atoms with van der Waals surface area (Å²) in [5, 5.41) is 20.0. The van der Waals surface area contributed by atoms with Gasteiger partial charge in [0.25, 0.3) is 0 Å². The van der Waals surface area contributed by atoms with E-state index >= 15 is 0 Å². The minimum absolute atomic E-state index is 0.123. The van der Waals surface area contributed by atoms with Crippen molar-refractivity contribution in [3.63, 3.8) is 0 Å². The van der Waals surface area contributed by atoms with E-state index in [1.807, 2.05) is 48.6 Å². The Labute approximate surface area is 178 Å². The molecule has 2 saturated carbocycles. The van der Waals surface area contributed by atoms with Crippen LogP contribution >= 0.6 is 0 Å². The van der Waals surface area contributed by atoms with Gasteiger partial charge in [-0.15, -0.1) is 0 Å². The molecule has 1 unspecified atom stereocenters. The van der Waals surface area contributed by atoms with E-state index in [-0.39, 0.29) is 5.92 Å². The molecular formula is C27H30O3. The van der Waals surface area contributed by atoms with E-state index in [2.05, 4.69) is 24.3 Å². The monoisotopic (exact) mass is 402 g/mol. The van der Waals surface area contributed by atoms with Crippen molar-refractivity contribution in [2.24, 2.45) is 41.4 Å². The lowest BCUT2D eigenvalue weighted by molar-refractivity contribution is -0.133. The third-order valence-electron chi connectivity index (χ3n) is 8.08. The zero-order chi connectivity index (χ0) is 20.7. The normalized spacial score (nSPS) is 37.1. The molecule has 5 rings (SSSR count). The van der Waals surface area contributed by atoms with Gasteiger partial charge in [-0.05, 0) is 66.8 Å². The Kier molecular flexibility index (Phi) is 5.24. The molecule has 0 spiro atoms. The quantitative estimate of drug-likeness (QED) is 0.492. The Hall–Kier alpha value is -2.39. The summed E-state index contributed by atoms with van der Waals surface area (Å²) in [5.74, 6) is 3.18. The molecule has 0 aromatic heterocycles. The molecule has 2 fully saturated rings. The van der Waals surface area contributed by atoms with E-state index in [0.717, 1.165) is 24.8 Å². The summed E-state index contributed by atoms with van der Waals surface area (Å²) in [4.78, 5) is 11.6. The topological polar surface area (TPSA) is 57.5 Å². The average molecular weight is 403 g/mol. The van der Waals surface area contributed by atoms with Crippen molar-refractivity contribution < 1.29 is 15.0 Å². The maximum absolute atomic E-state index is 11.6. The zero-order valence-electron chi connectivity index (χ0n) is 17.2. The number of allylic oxidation sites excluding steroid dienone is 5. The molecule has 1 aromatic carbocycles. The smallest absolute Gasteiger partial charge is 0.331 e. The molecule has 1 aromatic rings. The van der Waals surface area contributed by atoms with Crippen molar-refractivity contribution in [2.75, 3.05) is 0 Å². The van der Waals surface area contributed by atoms with Crippen LogP contribution < -0.4 is 0 Å². The van der Waals surface area contributed by atoms with E-state index in [1.165, 1.54) is 6.42 Å². The van der Waals surface area contributed by atoms with Crippen LogP contribution in [0.3, 0.4) is 0 Å². The van der Waals surface area contributed by atoms with Gasteiger partial charge in [-0.1, -0.05) is 72.9 Å². The summed E-state index contributed by atoms with van der Waals surface area (Å²) < 4.78 is 0. The first-order valence-corrected chi connectivity index (χ1v) is 11.3. The molecule has 0 amide bonds. The molecule has 30 heavy (non-hydrogen) atoms. The third kappa shape index (κ3) is 3.39. The van der Waals surface area contributed by atoms with Crippen molar-refractivity contribution in [3.8, 4) is 0 Å². The number of aliphatic hydroxyl groups is 1. The second-order valence-electron chi connectivity index (χ2n) is 9.47. The fourth-order valence-electron chi connectivity index (χ4n) is 6.87. The molecule has 3 nitrogen and oxygen atoms in total. The van der Waals surface area contributed by atoms with E-state index in [0.29, 0.717) is 41.1 Å². The van der Waals surface area contributed by atoms with Gasteiger partial charge >= 0.3 is 5.97 Å². The Bertz CT molecular complexity index is 909. The molecule has 2 N–H and O–H groups in total. The van der Waals surface area contributed by atoms with Crippen molar-refractivity contribution >= 4 is 12.0 Å². The highest BCUT2D eigenvalue weighted by Gasteiger charge is 2.62. The first-order valence-electron chi connectivity index (χ1n) is 11.3. The number of carbonyl (C=O) groups is 1. The maximum atomic E-state index is 11.6. The van der Waals surface area contributed by atoms with Gasteiger partial charge in [0.1, 0.15) is 0 Å². The van der Waals surface area contributed by atoms with Crippen LogP contribution in [-0.2, 0) is 4.79 Å². The van der Waals surface area contributed by atoms with Crippen molar-refractivity contribution in [1.82, 2.24) is 0 Å². The van der Waals surface area contributed by atoms with Crippen LogP contribution in [0.1, 0.15) is 31.2 Å². The Morgan fingerprint density at radius 2 is 1.97 bits per heavy atom. The van der Waals surface area contributed by atoms with Crippen LogP contribution in [0, 0.1) is 41.4 Å². The van der Waals surface area contributed by atoms with Gasteiger partial charge in [-0.2, -0.15) is 0 Å². The SMILES string of the molecule is O=C(O)C1=CC[C@@H]2C[C@H]3[C@H](CCC(O)/C=C/C=C/c4ccccc4)[C@H]4C=C[C@@H]1[C@@H]2[C@H]43. The molecule has 0 aliphatic heterocycles. The largest absolute Gasteiger partial charge is 0.478 e. The number of aliphatic carboxylic acids is 1. The number of aliphatic hydroxyl groups excluding tert-OH is 1. The predicted molar refractivity (Wildman–Crippen MR) is 118 cm³/mol. The molecule has 0 bridgehead atoms. The fraction of sp³-hybridized carbons (Fsp3) is 0.444. The van der Waals surface area contributed by atoms with Crippen molar-refractivity contribution in [2.45, 2.75) is 31.8 Å². The second kappa shape index (κ2) is 8.03. The Morgan fingerprint density at radius 1 is 1.13 bits per heavy atom. The minimum atomic E-state index is -0.739. The van der Waals surface area contributed by atoms with Gasteiger partial charge < -0.3 is 10.2 Å². The highest BCUT2D eigenvalue weighted by molar-refractivity contribution is 5.88. The Balaban J connectivity index is 1.17. The highest BCUT2D eigenvalue weighted by atomic mass is 16.4. The number of hydrogen-bond acceptors (Lipinski definition) is 2. The highest BCUT2D eigenvalue weighted by Crippen LogP contribution is 2.67. The number of rotatable bonds is 7.